The van der Waals surface area contributed by atoms with Crippen molar-refractivity contribution in [2.75, 3.05) is 11.5 Å². The van der Waals surface area contributed by atoms with Crippen molar-refractivity contribution in [3.05, 3.63) is 22.3 Å². The highest BCUT2D eigenvalue weighted by Gasteiger charge is 2.53. The van der Waals surface area contributed by atoms with Crippen LogP contribution in [0.1, 0.15) is 18.5 Å². The standard InChI is InChI=1S/C15H16N6O5S3/c16-15-18-7(5-29-15)8(20-26)11(22)19-9-12(23)21-10(14(24)27)6(2-1-3-17-25)4-28-13(9)21/h3,5,9,13,25-26H,1-2,4H2,(H2,16,18)(H,19,22)(H,24,27)/b17-3?,20-8-/t9?,13-/m1/s1. The number of anilines is 1. The molecular weight excluding hydrogens is 440 g/mol. The molecule has 0 spiro atoms. The highest BCUT2D eigenvalue weighted by Crippen LogP contribution is 2.41. The summed E-state index contributed by atoms with van der Waals surface area (Å²) in [5.74, 6) is -0.814. The highest BCUT2D eigenvalue weighted by molar-refractivity contribution is 8.00. The van der Waals surface area contributed by atoms with Gasteiger partial charge in [0.05, 0.1) is 5.70 Å². The monoisotopic (exact) mass is 456 g/mol. The number of thiol groups is 1. The van der Waals surface area contributed by atoms with Crippen LogP contribution in [0.3, 0.4) is 0 Å². The topological polar surface area (TPSA) is 171 Å². The molecule has 1 fully saturated rings. The van der Waals surface area contributed by atoms with Crippen LogP contribution in [0.5, 0.6) is 0 Å². The molecule has 2 aliphatic heterocycles. The van der Waals surface area contributed by atoms with Crippen molar-refractivity contribution in [2.45, 2.75) is 24.3 Å². The van der Waals surface area contributed by atoms with Crippen LogP contribution in [0.25, 0.3) is 0 Å². The lowest BCUT2D eigenvalue weighted by Gasteiger charge is -2.49. The number of carbonyl (C=O) groups excluding carboxylic acids is 3. The Morgan fingerprint density at radius 1 is 1.48 bits per heavy atom. The van der Waals surface area contributed by atoms with Crippen LogP contribution in [-0.2, 0) is 14.4 Å². The predicted molar refractivity (Wildman–Crippen MR) is 110 cm³/mol. The Balaban J connectivity index is 1.75. The molecule has 3 rings (SSSR count). The van der Waals surface area contributed by atoms with E-state index in [1.165, 1.54) is 28.3 Å². The van der Waals surface area contributed by atoms with Crippen molar-refractivity contribution in [3.63, 3.8) is 0 Å². The van der Waals surface area contributed by atoms with Gasteiger partial charge in [0.25, 0.3) is 11.8 Å². The smallest absolute Gasteiger partial charge is 0.276 e. The molecule has 2 amide bonds. The van der Waals surface area contributed by atoms with E-state index in [1.807, 2.05) is 0 Å². The molecule has 29 heavy (non-hydrogen) atoms. The van der Waals surface area contributed by atoms with Crippen LogP contribution < -0.4 is 11.1 Å². The van der Waals surface area contributed by atoms with Gasteiger partial charge in [-0.3, -0.25) is 19.3 Å². The molecule has 5 N–H and O–H groups in total. The molecular formula is C15H16N6O5S3. The number of rotatable bonds is 7. The van der Waals surface area contributed by atoms with Crippen LogP contribution in [0, 0.1) is 0 Å². The van der Waals surface area contributed by atoms with Gasteiger partial charge in [0.15, 0.2) is 10.8 Å². The fourth-order valence-electron chi connectivity index (χ4n) is 2.99. The Morgan fingerprint density at radius 2 is 2.24 bits per heavy atom. The largest absolute Gasteiger partial charge is 0.411 e. The number of nitrogens with zero attached hydrogens (tertiary/aromatic N) is 4. The molecule has 11 nitrogen and oxygen atoms in total. The Hall–Kier alpha value is -2.58. The first-order chi connectivity index (χ1) is 13.9. The zero-order valence-corrected chi connectivity index (χ0v) is 17.2. The van der Waals surface area contributed by atoms with E-state index in [9.17, 15) is 19.6 Å². The van der Waals surface area contributed by atoms with Crippen molar-refractivity contribution < 1.29 is 24.8 Å². The van der Waals surface area contributed by atoms with Crippen LogP contribution in [-0.4, -0.2) is 66.3 Å². The number of β-lactam (4-membered cyclic amide) rings is 1. The first-order valence-electron chi connectivity index (χ1n) is 8.19. The summed E-state index contributed by atoms with van der Waals surface area (Å²) in [4.78, 5) is 42.3. The van der Waals surface area contributed by atoms with Gasteiger partial charge in [0.1, 0.15) is 17.1 Å². The van der Waals surface area contributed by atoms with Gasteiger partial charge >= 0.3 is 0 Å². The summed E-state index contributed by atoms with van der Waals surface area (Å²) >= 11 is 6.33. The van der Waals surface area contributed by atoms with E-state index in [-0.39, 0.29) is 22.2 Å². The lowest BCUT2D eigenvalue weighted by atomic mass is 10.0. The highest BCUT2D eigenvalue weighted by atomic mass is 32.2. The number of nitrogens with one attached hydrogen (secondary N) is 1. The molecule has 0 bridgehead atoms. The zero-order chi connectivity index (χ0) is 21.1. The van der Waals surface area contributed by atoms with Gasteiger partial charge in [0, 0.05) is 17.3 Å². The summed E-state index contributed by atoms with van der Waals surface area (Å²) in [5.41, 5.74) is 6.14. The normalized spacial score (nSPS) is 21.9. The average molecular weight is 457 g/mol. The number of carbonyl (C=O) groups is 3. The number of hydrogen-bond acceptors (Lipinski definition) is 11. The maximum atomic E-state index is 12.6. The first-order valence-corrected chi connectivity index (χ1v) is 10.6. The van der Waals surface area contributed by atoms with Gasteiger partial charge in [-0.05, 0) is 18.4 Å². The maximum Gasteiger partial charge on any atom is 0.276 e. The Labute approximate surface area is 178 Å². The third-order valence-electron chi connectivity index (χ3n) is 4.27. The van der Waals surface area contributed by atoms with Crippen molar-refractivity contribution >= 4 is 69.7 Å². The second-order valence-corrected chi connectivity index (χ2v) is 8.38. The molecule has 0 radical (unpaired) electrons. The molecule has 0 saturated carbocycles. The number of oxime groups is 2. The second kappa shape index (κ2) is 8.84. The summed E-state index contributed by atoms with van der Waals surface area (Å²) < 4.78 is 0. The molecule has 154 valence electrons. The summed E-state index contributed by atoms with van der Waals surface area (Å²) in [7, 11) is 0. The van der Waals surface area contributed by atoms with Gasteiger partial charge in [-0.25, -0.2) is 4.98 Å². The van der Waals surface area contributed by atoms with E-state index in [0.29, 0.717) is 24.2 Å². The summed E-state index contributed by atoms with van der Waals surface area (Å²) in [5, 5.41) is 26.7. The average Bonchev–Trinajstić information content (AvgIpc) is 3.12. The summed E-state index contributed by atoms with van der Waals surface area (Å²) in [6.45, 7) is 0. The van der Waals surface area contributed by atoms with Gasteiger partial charge in [0.2, 0.25) is 5.12 Å². The van der Waals surface area contributed by atoms with Crippen LogP contribution in [0.2, 0.25) is 0 Å². The van der Waals surface area contributed by atoms with E-state index in [2.05, 4.69) is 33.2 Å². The van der Waals surface area contributed by atoms with Gasteiger partial charge in [-0.15, -0.1) is 28.3 Å². The SMILES string of the molecule is Nc1nc(/C(=N/O)C(=O)NC2C(=O)N3C(C(=O)S)=C(CCC=NO)CS[C@H]23)cs1. The van der Waals surface area contributed by atoms with Crippen molar-refractivity contribution in [3.8, 4) is 0 Å². The Bertz CT molecular complexity index is 943. The molecule has 1 aromatic rings. The first kappa shape index (κ1) is 21.1. The van der Waals surface area contributed by atoms with Crippen LogP contribution in [0.15, 0.2) is 27.0 Å². The minimum absolute atomic E-state index is 0.0892. The van der Waals surface area contributed by atoms with Crippen molar-refractivity contribution in [2.24, 2.45) is 10.3 Å². The van der Waals surface area contributed by atoms with Gasteiger partial charge in [-0.1, -0.05) is 17.8 Å². The molecule has 2 aliphatic rings. The molecule has 3 heterocycles. The predicted octanol–water partition coefficient (Wildman–Crippen LogP) is 0.254. The number of amides is 2. The number of fused-ring (bicyclic) bond motifs is 1. The Morgan fingerprint density at radius 3 is 2.83 bits per heavy atom. The van der Waals surface area contributed by atoms with Crippen LogP contribution in [0.4, 0.5) is 5.13 Å². The number of aromatic nitrogens is 1. The van der Waals surface area contributed by atoms with E-state index in [1.54, 1.807) is 0 Å². The third-order valence-corrected chi connectivity index (χ3v) is 6.50. The second-order valence-electron chi connectivity index (χ2n) is 5.97. The van der Waals surface area contributed by atoms with Crippen molar-refractivity contribution in [1.29, 1.82) is 0 Å². The lowest BCUT2D eigenvalue weighted by Crippen LogP contribution is -2.70. The quantitative estimate of drug-likeness (QED) is 0.128. The molecule has 14 heteroatoms. The summed E-state index contributed by atoms with van der Waals surface area (Å²) in [6, 6.07) is -0.900. The molecule has 1 aromatic heterocycles. The number of nitrogen functional groups attached to an aromatic ring is 1. The lowest BCUT2D eigenvalue weighted by molar-refractivity contribution is -0.146. The fourth-order valence-corrected chi connectivity index (χ4v) is 5.19. The molecule has 0 aliphatic carbocycles. The van der Waals surface area contributed by atoms with Crippen molar-refractivity contribution in [1.82, 2.24) is 15.2 Å². The minimum atomic E-state index is -0.900. The van der Waals surface area contributed by atoms with Gasteiger partial charge in [-0.2, -0.15) is 0 Å². The number of thiazole rings is 1. The van der Waals surface area contributed by atoms with E-state index < -0.39 is 28.3 Å². The summed E-state index contributed by atoms with van der Waals surface area (Å²) in [6.07, 6.45) is 2.13. The number of hydrogen-bond donors (Lipinski definition) is 5. The molecule has 2 atom stereocenters. The van der Waals surface area contributed by atoms with Crippen LogP contribution >= 0.6 is 35.7 Å². The maximum absolute atomic E-state index is 12.6. The molecule has 1 unspecified atom stereocenters. The van der Waals surface area contributed by atoms with E-state index in [0.717, 1.165) is 11.3 Å². The minimum Gasteiger partial charge on any atom is -0.411 e. The molecule has 1 saturated heterocycles. The fraction of sp³-hybridized carbons (Fsp3) is 0.333. The number of thioether (sulfide) groups is 1. The Kier molecular flexibility index (Phi) is 6.44. The van der Waals surface area contributed by atoms with Gasteiger partial charge < -0.3 is 21.5 Å². The van der Waals surface area contributed by atoms with E-state index >= 15 is 0 Å². The third kappa shape index (κ3) is 4.09. The molecule has 0 aromatic carbocycles. The van der Waals surface area contributed by atoms with E-state index in [4.69, 9.17) is 10.9 Å². The zero-order valence-electron chi connectivity index (χ0n) is 14.7. The number of nitrogens with two attached hydrogens (primary N) is 1.